The number of nitrogens with zero attached hydrogens (tertiary/aromatic N) is 1. The lowest BCUT2D eigenvalue weighted by molar-refractivity contribution is -0.146. The summed E-state index contributed by atoms with van der Waals surface area (Å²) in [7, 11) is 0. The Hall–Kier alpha value is -1.65. The summed E-state index contributed by atoms with van der Waals surface area (Å²) in [6.45, 7) is 9.66. The van der Waals surface area contributed by atoms with Gasteiger partial charge in [-0.3, -0.25) is 19.3 Å². The topological polar surface area (TPSA) is 66.5 Å². The van der Waals surface area contributed by atoms with Gasteiger partial charge in [-0.2, -0.15) is 0 Å². The maximum Gasteiger partial charge on any atom is 0.254 e. The van der Waals surface area contributed by atoms with Gasteiger partial charge in [0.25, 0.3) is 11.8 Å². The number of nitrogens with one attached hydrogen (secondary N) is 1. The van der Waals surface area contributed by atoms with Crippen molar-refractivity contribution in [3.63, 3.8) is 0 Å². The van der Waals surface area contributed by atoms with Gasteiger partial charge in [-0.05, 0) is 27.2 Å². The van der Waals surface area contributed by atoms with Gasteiger partial charge in [0.1, 0.15) is 0 Å². The van der Waals surface area contributed by atoms with Crippen molar-refractivity contribution in [1.82, 2.24) is 10.2 Å². The van der Waals surface area contributed by atoms with Crippen molar-refractivity contribution in [2.45, 2.75) is 46.6 Å². The largest absolute Gasteiger partial charge is 0.356 e. The van der Waals surface area contributed by atoms with Crippen molar-refractivity contribution >= 4 is 17.7 Å². The highest BCUT2D eigenvalue weighted by atomic mass is 16.2. The van der Waals surface area contributed by atoms with Crippen molar-refractivity contribution in [2.75, 3.05) is 6.54 Å². The van der Waals surface area contributed by atoms with E-state index in [4.69, 9.17) is 0 Å². The molecule has 0 saturated carbocycles. The Kier molecular flexibility index (Phi) is 4.18. The summed E-state index contributed by atoms with van der Waals surface area (Å²) in [4.78, 5) is 36.7. The number of amides is 3. The first kappa shape index (κ1) is 15.4. The summed E-state index contributed by atoms with van der Waals surface area (Å²) in [5.74, 6) is -0.710. The molecule has 1 heterocycles. The molecule has 1 aliphatic rings. The van der Waals surface area contributed by atoms with Gasteiger partial charge >= 0.3 is 0 Å². The van der Waals surface area contributed by atoms with E-state index in [9.17, 15) is 14.4 Å². The fourth-order valence-corrected chi connectivity index (χ4v) is 2.64. The van der Waals surface area contributed by atoms with E-state index < -0.39 is 11.0 Å². The van der Waals surface area contributed by atoms with Crippen LogP contribution in [-0.4, -0.2) is 34.7 Å². The molecular formula is C14H22N2O3. The van der Waals surface area contributed by atoms with E-state index in [1.165, 1.54) is 17.1 Å². The normalized spacial score (nSPS) is 16.2. The monoisotopic (exact) mass is 266 g/mol. The molecule has 3 amide bonds. The number of carbonyl (C=O) groups excluding carboxylic acids is 3. The van der Waals surface area contributed by atoms with Crippen LogP contribution >= 0.6 is 0 Å². The molecule has 0 saturated heterocycles. The van der Waals surface area contributed by atoms with E-state index in [1.54, 1.807) is 13.8 Å². The van der Waals surface area contributed by atoms with E-state index in [0.29, 0.717) is 13.0 Å². The third kappa shape index (κ3) is 3.22. The van der Waals surface area contributed by atoms with Crippen molar-refractivity contribution in [2.24, 2.45) is 5.41 Å². The fourth-order valence-electron chi connectivity index (χ4n) is 2.64. The number of hydrogen-bond acceptors (Lipinski definition) is 3. The molecule has 0 unspecified atom stereocenters. The summed E-state index contributed by atoms with van der Waals surface area (Å²) < 4.78 is 0. The molecule has 5 heteroatoms. The zero-order valence-corrected chi connectivity index (χ0v) is 12.2. The Bertz CT molecular complexity index is 418. The molecule has 0 atom stereocenters. The second-order valence-corrected chi connectivity index (χ2v) is 6.08. The minimum atomic E-state index is -0.702. The van der Waals surface area contributed by atoms with E-state index in [-0.39, 0.29) is 17.7 Å². The van der Waals surface area contributed by atoms with Gasteiger partial charge in [-0.15, -0.1) is 0 Å². The standard InChI is InChI=1S/C14H22N2O3/c1-6-15-12(19)13(2,3)9-14(4,5)16-10(17)7-8-11(16)18/h7-8H,6,9H2,1-5H3,(H,15,19). The summed E-state index contributed by atoms with van der Waals surface area (Å²) in [6.07, 6.45) is 2.94. The minimum Gasteiger partial charge on any atom is -0.356 e. The summed E-state index contributed by atoms with van der Waals surface area (Å²) in [6, 6.07) is 0. The SMILES string of the molecule is CCNC(=O)C(C)(C)CC(C)(C)N1C(=O)C=CC1=O. The lowest BCUT2D eigenvalue weighted by Crippen LogP contribution is -2.52. The van der Waals surface area contributed by atoms with E-state index in [1.807, 2.05) is 20.8 Å². The smallest absolute Gasteiger partial charge is 0.254 e. The maximum absolute atomic E-state index is 12.0. The average Bonchev–Trinajstić information content (AvgIpc) is 2.57. The van der Waals surface area contributed by atoms with E-state index in [2.05, 4.69) is 5.32 Å². The summed E-state index contributed by atoms with van der Waals surface area (Å²) in [5, 5.41) is 2.78. The highest BCUT2D eigenvalue weighted by Crippen LogP contribution is 2.33. The number of carbonyl (C=O) groups is 3. The molecule has 0 radical (unpaired) electrons. The van der Waals surface area contributed by atoms with Crippen LogP contribution in [0, 0.1) is 5.41 Å². The third-order valence-electron chi connectivity index (χ3n) is 3.24. The lowest BCUT2D eigenvalue weighted by Gasteiger charge is -2.39. The van der Waals surface area contributed by atoms with Gasteiger partial charge in [-0.1, -0.05) is 13.8 Å². The first-order valence-electron chi connectivity index (χ1n) is 6.46. The van der Waals surface area contributed by atoms with Crippen LogP contribution < -0.4 is 5.32 Å². The number of rotatable bonds is 5. The van der Waals surface area contributed by atoms with Crippen LogP contribution in [0.15, 0.2) is 12.2 Å². The highest BCUT2D eigenvalue weighted by Gasteiger charge is 2.42. The predicted molar refractivity (Wildman–Crippen MR) is 72.2 cm³/mol. The Morgan fingerprint density at radius 3 is 2.05 bits per heavy atom. The number of hydrogen-bond donors (Lipinski definition) is 1. The molecule has 0 aromatic carbocycles. The molecule has 0 aliphatic carbocycles. The van der Waals surface area contributed by atoms with Crippen molar-refractivity contribution in [1.29, 1.82) is 0 Å². The first-order chi connectivity index (χ1) is 8.62. The Balaban J connectivity index is 2.87. The maximum atomic E-state index is 12.0. The Morgan fingerprint density at radius 1 is 1.16 bits per heavy atom. The van der Waals surface area contributed by atoms with Gasteiger partial charge in [0.2, 0.25) is 5.91 Å². The molecule has 0 aromatic rings. The third-order valence-corrected chi connectivity index (χ3v) is 3.24. The van der Waals surface area contributed by atoms with Crippen LogP contribution in [0.3, 0.4) is 0 Å². The summed E-state index contributed by atoms with van der Waals surface area (Å²) >= 11 is 0. The second-order valence-electron chi connectivity index (χ2n) is 6.08. The molecular weight excluding hydrogens is 244 g/mol. The molecule has 0 spiro atoms. The molecule has 0 fully saturated rings. The van der Waals surface area contributed by atoms with Crippen LogP contribution in [0.5, 0.6) is 0 Å². The molecule has 1 N–H and O–H groups in total. The quantitative estimate of drug-likeness (QED) is 0.761. The van der Waals surface area contributed by atoms with Crippen LogP contribution in [0.1, 0.15) is 41.0 Å². The molecule has 0 aromatic heterocycles. The average molecular weight is 266 g/mol. The van der Waals surface area contributed by atoms with Gasteiger partial charge in [0, 0.05) is 29.7 Å². The highest BCUT2D eigenvalue weighted by molar-refractivity contribution is 6.13. The molecule has 106 valence electrons. The fraction of sp³-hybridized carbons (Fsp3) is 0.643. The van der Waals surface area contributed by atoms with Crippen LogP contribution in [-0.2, 0) is 14.4 Å². The zero-order chi connectivity index (χ0) is 14.8. The molecule has 1 aliphatic heterocycles. The van der Waals surface area contributed by atoms with Crippen molar-refractivity contribution in [3.8, 4) is 0 Å². The lowest BCUT2D eigenvalue weighted by atomic mass is 9.78. The second kappa shape index (κ2) is 5.15. The van der Waals surface area contributed by atoms with Gasteiger partial charge < -0.3 is 5.32 Å². The van der Waals surface area contributed by atoms with E-state index >= 15 is 0 Å². The van der Waals surface area contributed by atoms with Crippen molar-refractivity contribution < 1.29 is 14.4 Å². The first-order valence-corrected chi connectivity index (χ1v) is 6.46. The van der Waals surface area contributed by atoms with Crippen LogP contribution in [0.4, 0.5) is 0 Å². The Labute approximate surface area is 114 Å². The zero-order valence-electron chi connectivity index (χ0n) is 12.2. The molecule has 19 heavy (non-hydrogen) atoms. The van der Waals surface area contributed by atoms with E-state index in [0.717, 1.165) is 0 Å². The van der Waals surface area contributed by atoms with Crippen LogP contribution in [0.2, 0.25) is 0 Å². The molecule has 0 bridgehead atoms. The number of imide groups is 1. The Morgan fingerprint density at radius 2 is 1.63 bits per heavy atom. The van der Waals surface area contributed by atoms with Gasteiger partial charge in [0.15, 0.2) is 0 Å². The molecule has 5 nitrogen and oxygen atoms in total. The summed E-state index contributed by atoms with van der Waals surface area (Å²) in [5.41, 5.74) is -1.35. The predicted octanol–water partition coefficient (Wildman–Crippen LogP) is 1.24. The van der Waals surface area contributed by atoms with Gasteiger partial charge in [0.05, 0.1) is 0 Å². The van der Waals surface area contributed by atoms with Crippen molar-refractivity contribution in [3.05, 3.63) is 12.2 Å². The minimum absolute atomic E-state index is 0.0740. The van der Waals surface area contributed by atoms with Gasteiger partial charge in [-0.25, -0.2) is 0 Å². The molecule has 1 rings (SSSR count). The van der Waals surface area contributed by atoms with Crippen LogP contribution in [0.25, 0.3) is 0 Å².